The lowest BCUT2D eigenvalue weighted by atomic mass is 10.2. The van der Waals surface area contributed by atoms with Crippen LogP contribution in [0, 0.1) is 6.92 Å². The Morgan fingerprint density at radius 1 is 1.33 bits per heavy atom. The molecule has 2 N–H and O–H groups in total. The number of rotatable bonds is 5. The molecular weight excluding hydrogens is 254 g/mol. The first-order valence-electron chi connectivity index (χ1n) is 5.64. The minimum atomic E-state index is -4.04. The van der Waals surface area contributed by atoms with Gasteiger partial charge >= 0.3 is 16.1 Å². The molecule has 0 spiro atoms. The predicted octanol–water partition coefficient (Wildman–Crippen LogP) is 1.35. The maximum atomic E-state index is 11.7. The van der Waals surface area contributed by atoms with Crippen LogP contribution >= 0.6 is 0 Å². The summed E-state index contributed by atoms with van der Waals surface area (Å²) in [6.07, 6.45) is 0.473. The summed E-state index contributed by atoms with van der Waals surface area (Å²) in [6, 6.07) is 5.69. The number of benzene rings is 1. The summed E-state index contributed by atoms with van der Waals surface area (Å²) in [5.41, 5.74) is 6.48. The number of nitrogens with two attached hydrogens (primary N) is 1. The predicted molar refractivity (Wildman–Crippen MR) is 67.3 cm³/mol. The van der Waals surface area contributed by atoms with Crippen molar-refractivity contribution >= 4 is 16.1 Å². The lowest BCUT2D eigenvalue weighted by molar-refractivity contribution is -0.134. The topological polar surface area (TPSA) is 86.5 Å². The minimum absolute atomic E-state index is 0.0356. The Morgan fingerprint density at radius 3 is 2.39 bits per heavy atom. The highest BCUT2D eigenvalue weighted by Gasteiger charge is 2.21. The molecule has 1 aromatic rings. The van der Waals surface area contributed by atoms with Crippen molar-refractivity contribution in [1.29, 1.82) is 0 Å². The van der Waals surface area contributed by atoms with Gasteiger partial charge in [-0.15, -0.1) is 0 Å². The second kappa shape index (κ2) is 5.97. The van der Waals surface area contributed by atoms with E-state index in [4.69, 9.17) is 5.73 Å². The van der Waals surface area contributed by atoms with Crippen LogP contribution < -0.4 is 5.73 Å². The SMILES string of the molecule is CC[C@H](N)CC(=O)OS(=O)(=O)c1ccc(C)cc1. The van der Waals surface area contributed by atoms with E-state index in [2.05, 4.69) is 4.18 Å². The van der Waals surface area contributed by atoms with E-state index in [1.54, 1.807) is 12.1 Å². The van der Waals surface area contributed by atoms with E-state index < -0.39 is 16.1 Å². The minimum Gasteiger partial charge on any atom is -0.342 e. The number of carbonyl (C=O) groups excluding carboxylic acids is 1. The molecular formula is C12H17NO4S. The van der Waals surface area contributed by atoms with Gasteiger partial charge in [-0.3, -0.25) is 4.79 Å². The van der Waals surface area contributed by atoms with Crippen molar-refractivity contribution in [3.8, 4) is 0 Å². The van der Waals surface area contributed by atoms with E-state index >= 15 is 0 Å². The van der Waals surface area contributed by atoms with E-state index in [0.29, 0.717) is 6.42 Å². The molecule has 1 atom stereocenters. The quantitative estimate of drug-likeness (QED) is 0.817. The van der Waals surface area contributed by atoms with E-state index in [1.165, 1.54) is 12.1 Å². The first-order valence-corrected chi connectivity index (χ1v) is 7.05. The van der Waals surface area contributed by atoms with Gasteiger partial charge in [-0.2, -0.15) is 8.42 Å². The van der Waals surface area contributed by atoms with Gasteiger partial charge in [0.15, 0.2) is 0 Å². The van der Waals surface area contributed by atoms with Crippen molar-refractivity contribution in [1.82, 2.24) is 0 Å². The zero-order valence-corrected chi connectivity index (χ0v) is 11.2. The van der Waals surface area contributed by atoms with Crippen LogP contribution in [0.3, 0.4) is 0 Å². The molecule has 0 heterocycles. The zero-order chi connectivity index (χ0) is 13.8. The van der Waals surface area contributed by atoms with Crippen LogP contribution in [-0.4, -0.2) is 20.4 Å². The summed E-state index contributed by atoms with van der Waals surface area (Å²) in [5, 5.41) is 0. The second-order valence-corrected chi connectivity index (χ2v) is 5.64. The molecule has 0 aliphatic heterocycles. The number of hydrogen-bond acceptors (Lipinski definition) is 5. The smallest absolute Gasteiger partial charge is 0.341 e. The number of carbonyl (C=O) groups is 1. The highest BCUT2D eigenvalue weighted by molar-refractivity contribution is 7.87. The lowest BCUT2D eigenvalue weighted by Crippen LogP contribution is -2.25. The van der Waals surface area contributed by atoms with Crippen molar-refractivity contribution in [2.45, 2.75) is 37.6 Å². The maximum Gasteiger partial charge on any atom is 0.341 e. The molecule has 1 rings (SSSR count). The third kappa shape index (κ3) is 4.12. The highest BCUT2D eigenvalue weighted by atomic mass is 32.2. The first kappa shape index (κ1) is 14.7. The fourth-order valence-electron chi connectivity index (χ4n) is 1.27. The van der Waals surface area contributed by atoms with Crippen LogP contribution in [0.5, 0.6) is 0 Å². The molecule has 5 nitrogen and oxygen atoms in total. The third-order valence-corrected chi connectivity index (χ3v) is 3.72. The monoisotopic (exact) mass is 271 g/mol. The van der Waals surface area contributed by atoms with Crippen molar-refractivity contribution in [3.05, 3.63) is 29.8 Å². The Labute approximate surface area is 107 Å². The summed E-state index contributed by atoms with van der Waals surface area (Å²) in [7, 11) is -4.04. The summed E-state index contributed by atoms with van der Waals surface area (Å²) >= 11 is 0. The van der Waals surface area contributed by atoms with Gasteiger partial charge in [0.2, 0.25) is 0 Å². The first-order chi connectivity index (χ1) is 8.35. The average Bonchev–Trinajstić information content (AvgIpc) is 2.28. The summed E-state index contributed by atoms with van der Waals surface area (Å²) < 4.78 is 28.0. The lowest BCUT2D eigenvalue weighted by Gasteiger charge is -2.09. The molecule has 0 radical (unpaired) electrons. The molecule has 0 aliphatic carbocycles. The van der Waals surface area contributed by atoms with Gasteiger partial charge in [0.1, 0.15) is 4.90 Å². The summed E-state index contributed by atoms with van der Waals surface area (Å²) in [4.78, 5) is 11.4. The standard InChI is InChI=1S/C12H17NO4S/c1-3-10(13)8-12(14)17-18(15,16)11-6-4-9(2)5-7-11/h4-7,10H,3,8,13H2,1-2H3/t10-/m0/s1. The third-order valence-electron chi connectivity index (χ3n) is 2.47. The van der Waals surface area contributed by atoms with Gasteiger partial charge in [-0.05, 0) is 25.5 Å². The molecule has 1 aromatic carbocycles. The van der Waals surface area contributed by atoms with Crippen LogP contribution in [0.4, 0.5) is 0 Å². The molecule has 0 aliphatic rings. The molecule has 0 saturated carbocycles. The van der Waals surface area contributed by atoms with Crippen LogP contribution in [0.15, 0.2) is 29.2 Å². The number of hydrogen-bond donors (Lipinski definition) is 1. The highest BCUT2D eigenvalue weighted by Crippen LogP contribution is 2.14. The Morgan fingerprint density at radius 2 is 1.89 bits per heavy atom. The Bertz CT molecular complexity index is 507. The second-order valence-electron chi connectivity index (χ2n) is 4.09. The molecule has 0 saturated heterocycles. The Balaban J connectivity index is 2.76. The van der Waals surface area contributed by atoms with Crippen LogP contribution in [-0.2, 0) is 19.1 Å². The molecule has 0 unspecified atom stereocenters. The summed E-state index contributed by atoms with van der Waals surface area (Å²) in [6.45, 7) is 3.65. The number of aryl methyl sites for hydroxylation is 1. The van der Waals surface area contributed by atoms with Crippen LogP contribution in [0.2, 0.25) is 0 Å². The summed E-state index contributed by atoms with van der Waals surface area (Å²) in [5.74, 6) is -0.829. The molecule has 0 amide bonds. The fourth-order valence-corrected chi connectivity index (χ4v) is 2.15. The van der Waals surface area contributed by atoms with Crippen LogP contribution in [0.25, 0.3) is 0 Å². The van der Waals surface area contributed by atoms with E-state index in [1.807, 2.05) is 13.8 Å². The van der Waals surface area contributed by atoms with Gasteiger partial charge in [0, 0.05) is 6.04 Å². The molecule has 18 heavy (non-hydrogen) atoms. The van der Waals surface area contributed by atoms with Crippen molar-refractivity contribution in [2.75, 3.05) is 0 Å². The maximum absolute atomic E-state index is 11.7. The van der Waals surface area contributed by atoms with Gasteiger partial charge in [0.05, 0.1) is 6.42 Å². The van der Waals surface area contributed by atoms with Gasteiger partial charge in [-0.1, -0.05) is 24.6 Å². The van der Waals surface area contributed by atoms with Gasteiger partial charge in [0.25, 0.3) is 0 Å². The van der Waals surface area contributed by atoms with E-state index in [-0.39, 0.29) is 17.4 Å². The Kier molecular flexibility index (Phi) is 4.86. The molecule has 6 heteroatoms. The molecule has 100 valence electrons. The van der Waals surface area contributed by atoms with Gasteiger partial charge < -0.3 is 9.92 Å². The largest absolute Gasteiger partial charge is 0.342 e. The fraction of sp³-hybridized carbons (Fsp3) is 0.417. The average molecular weight is 271 g/mol. The van der Waals surface area contributed by atoms with Crippen molar-refractivity contribution in [2.24, 2.45) is 5.73 Å². The normalized spacial score (nSPS) is 13.1. The molecule has 0 bridgehead atoms. The molecule has 0 aromatic heterocycles. The molecule has 0 fully saturated rings. The van der Waals surface area contributed by atoms with Crippen LogP contribution in [0.1, 0.15) is 25.3 Å². The van der Waals surface area contributed by atoms with Crippen molar-refractivity contribution in [3.63, 3.8) is 0 Å². The van der Waals surface area contributed by atoms with E-state index in [0.717, 1.165) is 5.56 Å². The zero-order valence-electron chi connectivity index (χ0n) is 10.4. The van der Waals surface area contributed by atoms with Crippen molar-refractivity contribution < 1.29 is 17.4 Å². The van der Waals surface area contributed by atoms with Gasteiger partial charge in [-0.25, -0.2) is 0 Å². The van der Waals surface area contributed by atoms with E-state index in [9.17, 15) is 13.2 Å². The Hall–Kier alpha value is -1.40.